The molecule has 4 rings (SSSR count). The summed E-state index contributed by atoms with van der Waals surface area (Å²) in [5.74, 6) is 1.19. The minimum absolute atomic E-state index is 0.0197. The van der Waals surface area contributed by atoms with E-state index in [4.69, 9.17) is 24.6 Å². The number of rotatable bonds is 9. The van der Waals surface area contributed by atoms with Gasteiger partial charge in [-0.1, -0.05) is 17.3 Å². The van der Waals surface area contributed by atoms with E-state index >= 15 is 0 Å². The number of aromatic nitrogens is 5. The highest BCUT2D eigenvalue weighted by Gasteiger charge is 2.25. The Morgan fingerprint density at radius 1 is 1.17 bits per heavy atom. The number of methoxy groups -OCH3 is 2. The first-order valence-electron chi connectivity index (χ1n) is 10.4. The Morgan fingerprint density at radius 3 is 2.74 bits per heavy atom. The predicted molar refractivity (Wildman–Crippen MR) is 125 cm³/mol. The molecule has 1 amide bonds. The monoisotopic (exact) mass is 478 g/mol. The van der Waals surface area contributed by atoms with Crippen molar-refractivity contribution in [2.75, 3.05) is 26.6 Å². The van der Waals surface area contributed by atoms with Crippen molar-refractivity contribution in [1.29, 1.82) is 0 Å². The highest BCUT2D eigenvalue weighted by molar-refractivity contribution is 5.99. The standard InChI is InChI=1S/C22H22N8O5/c1-4-34-16-7-5-6-13(10-16)19-18(25-29-30(19)21-20(23)27-35-28-21)22(31)26-24-12-14-8-9-15(32-2)11-17(14)33-3/h5-12H,4H2,1-3H3,(H2,23,27)(H,26,31)/b24-12-. The van der Waals surface area contributed by atoms with E-state index in [0.29, 0.717) is 40.7 Å². The van der Waals surface area contributed by atoms with Crippen LogP contribution in [-0.2, 0) is 0 Å². The summed E-state index contributed by atoms with van der Waals surface area (Å²) in [6.07, 6.45) is 1.44. The van der Waals surface area contributed by atoms with Crippen LogP contribution in [0.5, 0.6) is 17.2 Å². The molecule has 0 aliphatic rings. The lowest BCUT2D eigenvalue weighted by molar-refractivity contribution is 0.0950. The molecule has 0 aliphatic heterocycles. The summed E-state index contributed by atoms with van der Waals surface area (Å²) >= 11 is 0. The van der Waals surface area contributed by atoms with Gasteiger partial charge in [-0.3, -0.25) is 4.79 Å². The maximum Gasteiger partial charge on any atom is 0.294 e. The predicted octanol–water partition coefficient (Wildman–Crippen LogP) is 2.08. The Hall–Kier alpha value is -4.94. The van der Waals surface area contributed by atoms with Gasteiger partial charge in [0.1, 0.15) is 22.9 Å². The number of hydrogen-bond acceptors (Lipinski definition) is 11. The molecule has 35 heavy (non-hydrogen) atoms. The molecular formula is C22H22N8O5. The van der Waals surface area contributed by atoms with Crippen LogP contribution in [0.15, 0.2) is 52.2 Å². The molecule has 2 aromatic heterocycles. The topological polar surface area (TPSA) is 165 Å². The highest BCUT2D eigenvalue weighted by atomic mass is 16.6. The van der Waals surface area contributed by atoms with Crippen LogP contribution in [0.2, 0.25) is 0 Å². The van der Waals surface area contributed by atoms with E-state index in [1.165, 1.54) is 18.0 Å². The molecule has 13 heteroatoms. The van der Waals surface area contributed by atoms with Crippen LogP contribution in [-0.4, -0.2) is 58.3 Å². The van der Waals surface area contributed by atoms with Gasteiger partial charge in [0.15, 0.2) is 5.69 Å². The number of hydrogen-bond donors (Lipinski definition) is 2. The largest absolute Gasteiger partial charge is 0.497 e. The van der Waals surface area contributed by atoms with Crippen LogP contribution in [0.3, 0.4) is 0 Å². The average Bonchev–Trinajstić information content (AvgIpc) is 3.50. The highest BCUT2D eigenvalue weighted by Crippen LogP contribution is 2.29. The lowest BCUT2D eigenvalue weighted by Gasteiger charge is -2.08. The van der Waals surface area contributed by atoms with Crippen molar-refractivity contribution in [3.05, 3.63) is 53.7 Å². The first-order valence-corrected chi connectivity index (χ1v) is 10.4. The average molecular weight is 478 g/mol. The second-order valence-corrected chi connectivity index (χ2v) is 6.94. The Kier molecular flexibility index (Phi) is 6.86. The number of carbonyl (C=O) groups is 1. The number of nitrogen functional groups attached to an aromatic ring is 1. The van der Waals surface area contributed by atoms with E-state index in [2.05, 4.69) is 31.2 Å². The molecule has 4 aromatic rings. The summed E-state index contributed by atoms with van der Waals surface area (Å²) in [7, 11) is 3.08. The zero-order chi connectivity index (χ0) is 24.8. The molecule has 0 radical (unpaired) electrons. The van der Waals surface area contributed by atoms with Crippen LogP contribution in [0, 0.1) is 0 Å². The SMILES string of the molecule is CCOc1cccc(-c2c(C(=O)N/N=C\c3ccc(OC)cc3OC)nnn2-c2nonc2N)c1. The van der Waals surface area contributed by atoms with E-state index in [9.17, 15) is 4.79 Å². The number of ether oxygens (including phenoxy) is 3. The molecule has 0 aliphatic carbocycles. The molecule has 0 spiro atoms. The van der Waals surface area contributed by atoms with Crippen LogP contribution in [0.4, 0.5) is 5.82 Å². The molecule has 13 nitrogen and oxygen atoms in total. The Bertz CT molecular complexity index is 1360. The van der Waals surface area contributed by atoms with Crippen molar-refractivity contribution < 1.29 is 23.6 Å². The second-order valence-electron chi connectivity index (χ2n) is 6.94. The Labute approximate surface area is 199 Å². The molecule has 2 aromatic carbocycles. The third-order valence-corrected chi connectivity index (χ3v) is 4.81. The number of nitrogens with zero attached hydrogens (tertiary/aromatic N) is 6. The smallest absolute Gasteiger partial charge is 0.294 e. The van der Waals surface area contributed by atoms with Crippen molar-refractivity contribution in [1.82, 2.24) is 30.7 Å². The zero-order valence-electron chi connectivity index (χ0n) is 19.1. The van der Waals surface area contributed by atoms with Crippen molar-refractivity contribution in [3.63, 3.8) is 0 Å². The summed E-state index contributed by atoms with van der Waals surface area (Å²) in [6, 6.07) is 12.3. The molecule has 3 N–H and O–H groups in total. The Balaban J connectivity index is 1.68. The summed E-state index contributed by atoms with van der Waals surface area (Å²) in [5, 5.41) is 19.4. The maximum absolute atomic E-state index is 13.0. The third kappa shape index (κ3) is 4.88. The van der Waals surface area contributed by atoms with E-state index < -0.39 is 5.91 Å². The number of anilines is 1. The molecule has 0 fully saturated rings. The molecule has 180 valence electrons. The van der Waals surface area contributed by atoms with Gasteiger partial charge in [-0.2, -0.15) is 9.78 Å². The number of nitrogens with two attached hydrogens (primary N) is 1. The van der Waals surface area contributed by atoms with Crippen molar-refractivity contribution in [3.8, 4) is 34.3 Å². The number of carbonyl (C=O) groups excluding carboxylic acids is 1. The number of nitrogens with one attached hydrogen (secondary N) is 1. The first kappa shape index (κ1) is 23.2. The van der Waals surface area contributed by atoms with Gasteiger partial charge >= 0.3 is 0 Å². The van der Waals surface area contributed by atoms with Gasteiger partial charge in [-0.15, -0.1) is 5.10 Å². The quantitative estimate of drug-likeness (QED) is 0.269. The lowest BCUT2D eigenvalue weighted by atomic mass is 10.1. The maximum atomic E-state index is 13.0. The van der Waals surface area contributed by atoms with E-state index in [-0.39, 0.29) is 17.3 Å². The van der Waals surface area contributed by atoms with Crippen molar-refractivity contribution >= 4 is 17.9 Å². The first-order chi connectivity index (χ1) is 17.0. The van der Waals surface area contributed by atoms with Gasteiger partial charge in [-0.05, 0) is 41.5 Å². The fourth-order valence-corrected chi connectivity index (χ4v) is 3.22. The molecule has 0 saturated heterocycles. The van der Waals surface area contributed by atoms with Crippen LogP contribution < -0.4 is 25.4 Å². The van der Waals surface area contributed by atoms with Crippen molar-refractivity contribution in [2.24, 2.45) is 5.10 Å². The molecule has 0 saturated carbocycles. The van der Waals surface area contributed by atoms with E-state index in [0.717, 1.165) is 0 Å². The third-order valence-electron chi connectivity index (χ3n) is 4.81. The lowest BCUT2D eigenvalue weighted by Crippen LogP contribution is -2.19. The zero-order valence-corrected chi connectivity index (χ0v) is 19.1. The van der Waals surface area contributed by atoms with Crippen LogP contribution in [0.1, 0.15) is 23.0 Å². The fourth-order valence-electron chi connectivity index (χ4n) is 3.22. The van der Waals surface area contributed by atoms with Crippen molar-refractivity contribution in [2.45, 2.75) is 6.92 Å². The summed E-state index contributed by atoms with van der Waals surface area (Å²) in [5.41, 5.74) is 9.78. The number of benzene rings is 2. The van der Waals surface area contributed by atoms with E-state index in [1.54, 1.807) is 49.6 Å². The van der Waals surface area contributed by atoms with Gasteiger partial charge < -0.3 is 19.9 Å². The second kappa shape index (κ2) is 10.3. The van der Waals surface area contributed by atoms with Gasteiger partial charge in [0.2, 0.25) is 11.6 Å². The van der Waals surface area contributed by atoms with Gasteiger partial charge in [0, 0.05) is 17.2 Å². The van der Waals surface area contributed by atoms with Crippen LogP contribution >= 0.6 is 0 Å². The van der Waals surface area contributed by atoms with Gasteiger partial charge in [0.25, 0.3) is 5.91 Å². The molecule has 0 atom stereocenters. The minimum atomic E-state index is -0.619. The number of hydrazone groups is 1. The normalized spacial score (nSPS) is 10.9. The molecule has 0 bridgehead atoms. The van der Waals surface area contributed by atoms with Crippen LogP contribution in [0.25, 0.3) is 17.1 Å². The minimum Gasteiger partial charge on any atom is -0.497 e. The van der Waals surface area contributed by atoms with Gasteiger partial charge in [0.05, 0.1) is 27.0 Å². The molecule has 0 unspecified atom stereocenters. The molecular weight excluding hydrogens is 456 g/mol. The van der Waals surface area contributed by atoms with E-state index in [1.807, 2.05) is 6.92 Å². The summed E-state index contributed by atoms with van der Waals surface area (Å²) in [4.78, 5) is 13.0. The summed E-state index contributed by atoms with van der Waals surface area (Å²) in [6.45, 7) is 2.34. The fraction of sp³-hybridized carbons (Fsp3) is 0.182. The summed E-state index contributed by atoms with van der Waals surface area (Å²) < 4.78 is 22.1. The Morgan fingerprint density at radius 2 is 2.03 bits per heavy atom. The number of amides is 1. The molecule has 2 heterocycles. The van der Waals surface area contributed by atoms with Gasteiger partial charge in [-0.25, -0.2) is 10.1 Å².